The van der Waals surface area contributed by atoms with Gasteiger partial charge in [-0.15, -0.1) is 5.10 Å². The second kappa shape index (κ2) is 5.12. The molecule has 18 heavy (non-hydrogen) atoms. The molecule has 0 saturated carbocycles. The number of hydrogen-bond acceptors (Lipinski definition) is 3. The average molecular weight is 246 g/mol. The molecule has 0 saturated heterocycles. The number of rotatable bonds is 4. The lowest BCUT2D eigenvalue weighted by atomic mass is 10.1. The summed E-state index contributed by atoms with van der Waals surface area (Å²) in [7, 11) is 1.63. The van der Waals surface area contributed by atoms with Crippen molar-refractivity contribution in [2.45, 2.75) is 20.3 Å². The topological polar surface area (TPSA) is 47.3 Å². The fourth-order valence-electron chi connectivity index (χ4n) is 1.85. The maximum absolute atomic E-state index is 9.79. The molecule has 96 valence electrons. The average Bonchev–Trinajstić information content (AvgIpc) is 2.70. The molecule has 4 nitrogen and oxygen atoms in total. The van der Waals surface area contributed by atoms with Crippen molar-refractivity contribution in [3.8, 4) is 17.3 Å². The molecular weight excluding hydrogens is 228 g/mol. The number of ether oxygens (including phenoxy) is 1. The number of aromatic nitrogens is 2. The van der Waals surface area contributed by atoms with Crippen molar-refractivity contribution in [3.63, 3.8) is 0 Å². The molecule has 1 aromatic heterocycles. The monoisotopic (exact) mass is 246 g/mol. The third-order valence-electron chi connectivity index (χ3n) is 2.73. The highest BCUT2D eigenvalue weighted by molar-refractivity contribution is 5.38. The number of benzene rings is 1. The van der Waals surface area contributed by atoms with Crippen LogP contribution < -0.4 is 4.74 Å². The minimum Gasteiger partial charge on any atom is -0.497 e. The van der Waals surface area contributed by atoms with Crippen LogP contribution in [-0.4, -0.2) is 22.0 Å². The van der Waals surface area contributed by atoms with Gasteiger partial charge in [0.2, 0.25) is 5.88 Å². The fourth-order valence-corrected chi connectivity index (χ4v) is 1.85. The molecule has 0 radical (unpaired) electrons. The Bertz CT molecular complexity index is 515. The second-order valence-electron chi connectivity index (χ2n) is 4.72. The van der Waals surface area contributed by atoms with E-state index in [9.17, 15) is 5.11 Å². The maximum Gasteiger partial charge on any atom is 0.233 e. The first-order chi connectivity index (χ1) is 8.60. The molecule has 1 aromatic carbocycles. The Kier molecular flexibility index (Phi) is 3.55. The third-order valence-corrected chi connectivity index (χ3v) is 2.73. The summed E-state index contributed by atoms with van der Waals surface area (Å²) in [6, 6.07) is 7.56. The Morgan fingerprint density at radius 2 is 1.94 bits per heavy atom. The minimum absolute atomic E-state index is 0.111. The van der Waals surface area contributed by atoms with Gasteiger partial charge in [-0.2, -0.15) is 0 Å². The number of methoxy groups -OCH3 is 1. The summed E-state index contributed by atoms with van der Waals surface area (Å²) in [5, 5.41) is 13.9. The Labute approximate surface area is 107 Å². The Morgan fingerprint density at radius 1 is 1.28 bits per heavy atom. The highest BCUT2D eigenvalue weighted by Crippen LogP contribution is 2.21. The summed E-state index contributed by atoms with van der Waals surface area (Å²) in [6.45, 7) is 4.23. The minimum atomic E-state index is 0.111. The molecule has 2 rings (SSSR count). The summed E-state index contributed by atoms with van der Waals surface area (Å²) in [5.41, 5.74) is 1.78. The second-order valence-corrected chi connectivity index (χ2v) is 4.72. The van der Waals surface area contributed by atoms with E-state index in [2.05, 4.69) is 18.9 Å². The smallest absolute Gasteiger partial charge is 0.233 e. The zero-order valence-corrected chi connectivity index (χ0v) is 10.9. The van der Waals surface area contributed by atoms with Gasteiger partial charge in [-0.25, -0.2) is 4.68 Å². The molecule has 0 amide bonds. The summed E-state index contributed by atoms with van der Waals surface area (Å²) < 4.78 is 6.79. The first-order valence-electron chi connectivity index (χ1n) is 6.02. The molecule has 0 bridgehead atoms. The molecule has 2 aromatic rings. The van der Waals surface area contributed by atoms with Crippen LogP contribution in [0.1, 0.15) is 19.4 Å². The lowest BCUT2D eigenvalue weighted by molar-refractivity contribution is 0.414. The van der Waals surface area contributed by atoms with E-state index in [1.165, 1.54) is 0 Å². The lowest BCUT2D eigenvalue weighted by Crippen LogP contribution is -1.95. The van der Waals surface area contributed by atoms with Gasteiger partial charge < -0.3 is 9.84 Å². The van der Waals surface area contributed by atoms with Crippen molar-refractivity contribution in [3.05, 3.63) is 36.0 Å². The van der Waals surface area contributed by atoms with Gasteiger partial charge in [-0.1, -0.05) is 13.8 Å². The Morgan fingerprint density at radius 3 is 2.50 bits per heavy atom. The van der Waals surface area contributed by atoms with Crippen molar-refractivity contribution in [1.82, 2.24) is 9.78 Å². The molecule has 0 atom stereocenters. The molecule has 0 unspecified atom stereocenters. The highest BCUT2D eigenvalue weighted by Gasteiger charge is 2.10. The van der Waals surface area contributed by atoms with E-state index in [-0.39, 0.29) is 5.88 Å². The highest BCUT2D eigenvalue weighted by atomic mass is 16.5. The van der Waals surface area contributed by atoms with Crippen LogP contribution in [0, 0.1) is 5.92 Å². The number of hydrogen-bond donors (Lipinski definition) is 1. The van der Waals surface area contributed by atoms with Gasteiger partial charge in [-0.3, -0.25) is 0 Å². The van der Waals surface area contributed by atoms with Gasteiger partial charge in [0, 0.05) is 11.8 Å². The van der Waals surface area contributed by atoms with E-state index in [1.807, 2.05) is 30.5 Å². The summed E-state index contributed by atoms with van der Waals surface area (Å²) in [4.78, 5) is 0. The zero-order valence-electron chi connectivity index (χ0n) is 10.9. The van der Waals surface area contributed by atoms with E-state index in [1.54, 1.807) is 11.8 Å². The van der Waals surface area contributed by atoms with Crippen molar-refractivity contribution in [2.75, 3.05) is 7.11 Å². The van der Waals surface area contributed by atoms with Gasteiger partial charge in [0.1, 0.15) is 5.75 Å². The van der Waals surface area contributed by atoms with Crippen LogP contribution in [0.5, 0.6) is 11.6 Å². The predicted molar refractivity (Wildman–Crippen MR) is 70.3 cm³/mol. The molecular formula is C14H18N2O2. The van der Waals surface area contributed by atoms with Crippen LogP contribution in [0.4, 0.5) is 0 Å². The van der Waals surface area contributed by atoms with Crippen molar-refractivity contribution < 1.29 is 9.84 Å². The summed E-state index contributed by atoms with van der Waals surface area (Å²) in [6.07, 6.45) is 2.69. The summed E-state index contributed by atoms with van der Waals surface area (Å²) in [5.74, 6) is 1.40. The van der Waals surface area contributed by atoms with Gasteiger partial charge in [0.05, 0.1) is 12.8 Å². The van der Waals surface area contributed by atoms with Crippen LogP contribution >= 0.6 is 0 Å². The molecule has 1 heterocycles. The number of nitrogens with zero attached hydrogens (tertiary/aromatic N) is 2. The van der Waals surface area contributed by atoms with Crippen LogP contribution in [-0.2, 0) is 6.42 Å². The Balaban J connectivity index is 2.27. The van der Waals surface area contributed by atoms with Crippen LogP contribution in [0.2, 0.25) is 0 Å². The molecule has 1 N–H and O–H groups in total. The van der Waals surface area contributed by atoms with E-state index in [4.69, 9.17) is 4.74 Å². The normalized spacial score (nSPS) is 10.9. The Hall–Kier alpha value is -1.97. The lowest BCUT2D eigenvalue weighted by Gasteiger charge is -2.03. The number of aromatic hydroxyl groups is 1. The van der Waals surface area contributed by atoms with Crippen molar-refractivity contribution >= 4 is 0 Å². The largest absolute Gasteiger partial charge is 0.497 e. The molecule has 0 fully saturated rings. The van der Waals surface area contributed by atoms with Gasteiger partial charge in [0.25, 0.3) is 0 Å². The fraction of sp³-hybridized carbons (Fsp3) is 0.357. The third kappa shape index (κ3) is 2.64. The van der Waals surface area contributed by atoms with Crippen LogP contribution in [0.25, 0.3) is 5.69 Å². The molecule has 0 spiro atoms. The molecule has 0 aliphatic carbocycles. The standard InChI is InChI=1S/C14H18N2O2/c1-10(2)8-11-9-16(15-14(11)17)12-4-6-13(18-3)7-5-12/h4-7,9-10H,8H2,1-3H3,(H,15,17). The molecule has 0 aliphatic heterocycles. The molecule has 0 aliphatic rings. The van der Waals surface area contributed by atoms with E-state index in [0.717, 1.165) is 23.4 Å². The van der Waals surface area contributed by atoms with E-state index in [0.29, 0.717) is 5.92 Å². The van der Waals surface area contributed by atoms with Crippen LogP contribution in [0.3, 0.4) is 0 Å². The first-order valence-corrected chi connectivity index (χ1v) is 6.02. The quantitative estimate of drug-likeness (QED) is 0.902. The SMILES string of the molecule is COc1ccc(-n2cc(CC(C)C)c(O)n2)cc1. The predicted octanol–water partition coefficient (Wildman–Crippen LogP) is 2.79. The van der Waals surface area contributed by atoms with E-state index < -0.39 is 0 Å². The van der Waals surface area contributed by atoms with Gasteiger partial charge >= 0.3 is 0 Å². The summed E-state index contributed by atoms with van der Waals surface area (Å²) >= 11 is 0. The van der Waals surface area contributed by atoms with E-state index >= 15 is 0 Å². The van der Waals surface area contributed by atoms with Gasteiger partial charge in [0.15, 0.2) is 0 Å². The first kappa shape index (κ1) is 12.5. The molecule has 4 heteroatoms. The van der Waals surface area contributed by atoms with Gasteiger partial charge in [-0.05, 0) is 36.6 Å². The van der Waals surface area contributed by atoms with Crippen LogP contribution in [0.15, 0.2) is 30.5 Å². The van der Waals surface area contributed by atoms with Crippen molar-refractivity contribution in [1.29, 1.82) is 0 Å². The van der Waals surface area contributed by atoms with Crippen molar-refractivity contribution in [2.24, 2.45) is 5.92 Å². The maximum atomic E-state index is 9.79. The zero-order chi connectivity index (χ0) is 13.1.